The van der Waals surface area contributed by atoms with Gasteiger partial charge in [-0.25, -0.2) is 0 Å². The predicted molar refractivity (Wildman–Crippen MR) is 260 cm³/mol. The number of carbonyl (C=O) groups is 1. The molecule has 59 heavy (non-hydrogen) atoms. The van der Waals surface area contributed by atoms with Crippen LogP contribution in [0.25, 0.3) is 0 Å². The van der Waals surface area contributed by atoms with Crippen molar-refractivity contribution in [1.29, 1.82) is 0 Å². The first kappa shape index (κ1) is 58.0. The minimum Gasteiger partial charge on any atom is -0.394 e. The van der Waals surface area contributed by atoms with Crippen molar-refractivity contribution < 1.29 is 20.1 Å². The van der Waals surface area contributed by atoms with Gasteiger partial charge >= 0.3 is 0 Å². The second-order valence-corrected chi connectivity index (χ2v) is 18.8. The van der Waals surface area contributed by atoms with Crippen LogP contribution in [0.15, 0.2) is 24.3 Å². The lowest BCUT2D eigenvalue weighted by Gasteiger charge is -2.17. The van der Waals surface area contributed by atoms with Crippen LogP contribution in [0, 0.1) is 5.92 Å². The van der Waals surface area contributed by atoms with E-state index in [9.17, 15) is 15.0 Å². The average Bonchev–Trinajstić information content (AvgIpc) is 3.25. The van der Waals surface area contributed by atoms with E-state index in [-0.39, 0.29) is 12.2 Å². The van der Waals surface area contributed by atoms with Gasteiger partial charge in [0.25, 0.3) is 0 Å². The SMILES string of the molecule is CCCCCCCC/C=C\CCCCCCCCC(CCCCCCCC/C=C\CCCCCCCC)CCCCCCCCCCCCCCC(=O)C(O)C(O)CO. The monoisotopic (exact) mass is 831 g/mol. The molecule has 0 aromatic rings. The highest BCUT2D eigenvalue weighted by molar-refractivity contribution is 5.83. The van der Waals surface area contributed by atoms with Gasteiger partial charge in [-0.2, -0.15) is 0 Å². The van der Waals surface area contributed by atoms with Crippen LogP contribution >= 0.6 is 0 Å². The van der Waals surface area contributed by atoms with Crippen molar-refractivity contribution >= 4 is 5.78 Å². The molecule has 0 spiro atoms. The topological polar surface area (TPSA) is 77.8 Å². The van der Waals surface area contributed by atoms with E-state index < -0.39 is 18.8 Å². The quantitative estimate of drug-likeness (QED) is 0.0421. The number of Topliss-reactive ketones (excluding diaryl/α,β-unsaturated/α-hetero) is 1. The zero-order valence-electron chi connectivity index (χ0n) is 40.1. The molecule has 0 aromatic heterocycles. The Kier molecular flexibility index (Phi) is 48.9. The summed E-state index contributed by atoms with van der Waals surface area (Å²) in [5.74, 6) is 0.600. The molecule has 0 bridgehead atoms. The molecule has 0 aliphatic heterocycles. The fraction of sp³-hybridized carbons (Fsp3) is 0.909. The van der Waals surface area contributed by atoms with E-state index in [1.165, 1.54) is 257 Å². The summed E-state index contributed by atoms with van der Waals surface area (Å²) in [5, 5.41) is 27.9. The summed E-state index contributed by atoms with van der Waals surface area (Å²) in [6.45, 7) is 4.01. The minimum atomic E-state index is -1.44. The Hall–Kier alpha value is -0.970. The number of hydrogen-bond acceptors (Lipinski definition) is 4. The third-order valence-corrected chi connectivity index (χ3v) is 12.9. The van der Waals surface area contributed by atoms with Crippen LogP contribution in [0.5, 0.6) is 0 Å². The third-order valence-electron chi connectivity index (χ3n) is 12.9. The van der Waals surface area contributed by atoms with Crippen molar-refractivity contribution in [2.24, 2.45) is 5.92 Å². The van der Waals surface area contributed by atoms with Crippen LogP contribution in [0.2, 0.25) is 0 Å². The smallest absolute Gasteiger partial charge is 0.164 e. The van der Waals surface area contributed by atoms with Crippen molar-refractivity contribution in [2.45, 2.75) is 309 Å². The number of ketones is 1. The Balaban J connectivity index is 4.09. The first-order valence-electron chi connectivity index (χ1n) is 26.9. The van der Waals surface area contributed by atoms with Crippen molar-refractivity contribution in [2.75, 3.05) is 6.61 Å². The van der Waals surface area contributed by atoms with Gasteiger partial charge in [-0.3, -0.25) is 4.79 Å². The highest BCUT2D eigenvalue weighted by atomic mass is 16.4. The van der Waals surface area contributed by atoms with E-state index in [1.54, 1.807) is 0 Å². The van der Waals surface area contributed by atoms with Gasteiger partial charge in [-0.05, 0) is 63.7 Å². The molecule has 2 unspecified atom stereocenters. The zero-order chi connectivity index (χ0) is 43.0. The molecule has 0 heterocycles. The van der Waals surface area contributed by atoms with Gasteiger partial charge in [0, 0.05) is 6.42 Å². The van der Waals surface area contributed by atoms with E-state index in [1.807, 2.05) is 0 Å². The maximum Gasteiger partial charge on any atom is 0.164 e. The molecule has 4 nitrogen and oxygen atoms in total. The Morgan fingerprint density at radius 2 is 0.627 bits per heavy atom. The second-order valence-electron chi connectivity index (χ2n) is 18.8. The number of allylic oxidation sites excluding steroid dienone is 4. The molecule has 0 saturated heterocycles. The number of aliphatic hydroxyl groups excluding tert-OH is 3. The van der Waals surface area contributed by atoms with Gasteiger partial charge in [0.1, 0.15) is 12.2 Å². The number of unbranched alkanes of at least 4 members (excludes halogenated alkanes) is 35. The van der Waals surface area contributed by atoms with E-state index in [0.29, 0.717) is 0 Å². The Morgan fingerprint density at radius 1 is 0.373 bits per heavy atom. The van der Waals surface area contributed by atoms with Crippen molar-refractivity contribution in [1.82, 2.24) is 0 Å². The third kappa shape index (κ3) is 44.9. The molecule has 0 amide bonds. The van der Waals surface area contributed by atoms with Crippen LogP contribution in [0.4, 0.5) is 0 Å². The average molecular weight is 831 g/mol. The summed E-state index contributed by atoms with van der Waals surface area (Å²) in [6.07, 6.45) is 65.8. The molecule has 350 valence electrons. The van der Waals surface area contributed by atoms with Crippen LogP contribution < -0.4 is 0 Å². The molecule has 0 saturated carbocycles. The summed E-state index contributed by atoms with van der Waals surface area (Å²) in [7, 11) is 0. The standard InChI is InChI=1S/C55H106O4/c1-3-5-7-9-11-13-15-17-19-21-23-27-31-35-39-43-47-52(48-44-40-36-32-28-24-22-20-18-16-14-12-10-8-6-4-2)49-45-41-37-33-29-25-26-30-34-38-42-46-50-53(57)55(59)54(58)51-56/h17-20,52,54-56,58-59H,3-16,21-51H2,1-2H3/b19-17-,20-18-. The van der Waals surface area contributed by atoms with Crippen LogP contribution in [-0.2, 0) is 4.79 Å². The fourth-order valence-corrected chi connectivity index (χ4v) is 8.76. The Morgan fingerprint density at radius 3 is 0.915 bits per heavy atom. The van der Waals surface area contributed by atoms with Gasteiger partial charge in [0.2, 0.25) is 0 Å². The molecule has 0 aromatic carbocycles. The minimum absolute atomic E-state index is 0.286. The summed E-state index contributed by atoms with van der Waals surface area (Å²) in [5.41, 5.74) is 0. The molecule has 0 radical (unpaired) electrons. The number of aliphatic hydroxyl groups is 3. The Labute approximate surface area is 370 Å². The van der Waals surface area contributed by atoms with Crippen molar-refractivity contribution in [3.8, 4) is 0 Å². The van der Waals surface area contributed by atoms with E-state index in [0.717, 1.165) is 25.2 Å². The maximum atomic E-state index is 11.8. The van der Waals surface area contributed by atoms with Crippen molar-refractivity contribution in [3.05, 3.63) is 24.3 Å². The first-order chi connectivity index (χ1) is 29.1. The largest absolute Gasteiger partial charge is 0.394 e. The second kappa shape index (κ2) is 49.7. The summed E-state index contributed by atoms with van der Waals surface area (Å²) >= 11 is 0. The molecule has 0 aliphatic carbocycles. The summed E-state index contributed by atoms with van der Waals surface area (Å²) < 4.78 is 0. The molecule has 0 fully saturated rings. The van der Waals surface area contributed by atoms with E-state index >= 15 is 0 Å². The molecular weight excluding hydrogens is 725 g/mol. The summed E-state index contributed by atoms with van der Waals surface area (Å²) in [4.78, 5) is 11.8. The van der Waals surface area contributed by atoms with Crippen molar-refractivity contribution in [3.63, 3.8) is 0 Å². The Bertz CT molecular complexity index is 825. The number of hydrogen-bond donors (Lipinski definition) is 3. The highest BCUT2D eigenvalue weighted by Gasteiger charge is 2.22. The van der Waals surface area contributed by atoms with Gasteiger partial charge < -0.3 is 15.3 Å². The molecule has 0 aliphatic rings. The molecular formula is C55H106O4. The van der Waals surface area contributed by atoms with E-state index in [2.05, 4.69) is 38.2 Å². The van der Waals surface area contributed by atoms with Gasteiger partial charge in [0.15, 0.2) is 5.78 Å². The zero-order valence-corrected chi connectivity index (χ0v) is 40.1. The molecule has 2 atom stereocenters. The van der Waals surface area contributed by atoms with Gasteiger partial charge in [0.05, 0.1) is 6.61 Å². The molecule has 3 N–H and O–H groups in total. The van der Waals surface area contributed by atoms with Crippen LogP contribution in [0.3, 0.4) is 0 Å². The first-order valence-corrected chi connectivity index (χ1v) is 26.9. The van der Waals surface area contributed by atoms with Crippen LogP contribution in [-0.4, -0.2) is 39.9 Å². The maximum absolute atomic E-state index is 11.8. The molecule has 0 rings (SSSR count). The predicted octanol–water partition coefficient (Wildman–Crippen LogP) is 17.2. The lowest BCUT2D eigenvalue weighted by Crippen LogP contribution is -2.36. The molecule has 4 heteroatoms. The number of rotatable bonds is 50. The fourth-order valence-electron chi connectivity index (χ4n) is 8.76. The number of carbonyl (C=O) groups excluding carboxylic acids is 1. The lowest BCUT2D eigenvalue weighted by molar-refractivity contribution is -0.134. The van der Waals surface area contributed by atoms with Crippen LogP contribution in [0.1, 0.15) is 296 Å². The van der Waals surface area contributed by atoms with Gasteiger partial charge in [-0.15, -0.1) is 0 Å². The normalized spacial score (nSPS) is 13.1. The summed E-state index contributed by atoms with van der Waals surface area (Å²) in [6, 6.07) is 0. The lowest BCUT2D eigenvalue weighted by atomic mass is 9.89. The van der Waals surface area contributed by atoms with Gasteiger partial charge in [-0.1, -0.05) is 256 Å². The highest BCUT2D eigenvalue weighted by Crippen LogP contribution is 2.25. The van der Waals surface area contributed by atoms with E-state index in [4.69, 9.17) is 5.11 Å².